The van der Waals surface area contributed by atoms with Crippen molar-refractivity contribution in [1.82, 2.24) is 0 Å². The Bertz CT molecular complexity index is 997. The van der Waals surface area contributed by atoms with E-state index in [4.69, 9.17) is 8.86 Å². The number of fused-ring (bicyclic) bond motifs is 4. The average Bonchev–Trinajstić information content (AvgIpc) is 3.25. The van der Waals surface area contributed by atoms with Gasteiger partial charge in [-0.2, -0.15) is 0 Å². The quantitative estimate of drug-likeness (QED) is 0.477. The summed E-state index contributed by atoms with van der Waals surface area (Å²) in [6, 6.07) is 15.5. The maximum atomic E-state index is 6.25. The molecule has 0 saturated carbocycles. The second-order valence-electron chi connectivity index (χ2n) is 6.16. The first-order chi connectivity index (χ1) is 11.7. The maximum absolute atomic E-state index is 6.25. The van der Waals surface area contributed by atoms with Crippen LogP contribution in [0.5, 0.6) is 0 Å². The van der Waals surface area contributed by atoms with Gasteiger partial charge >= 0.3 is 167 Å². The van der Waals surface area contributed by atoms with Crippen molar-refractivity contribution in [2.24, 2.45) is 0 Å². The van der Waals surface area contributed by atoms with Crippen LogP contribution >= 0.6 is 36.5 Å². The van der Waals surface area contributed by atoms with Crippen molar-refractivity contribution in [3.05, 3.63) is 81.8 Å². The Balaban J connectivity index is 0.000000980. The van der Waals surface area contributed by atoms with Crippen molar-refractivity contribution >= 4 is 57.5 Å². The molecule has 0 radical (unpaired) electrons. The summed E-state index contributed by atoms with van der Waals surface area (Å²) in [6.07, 6.45) is 9.30. The zero-order valence-electron chi connectivity index (χ0n) is 13.5. The number of benzene rings is 2. The van der Waals surface area contributed by atoms with Gasteiger partial charge in [0.2, 0.25) is 0 Å². The van der Waals surface area contributed by atoms with Gasteiger partial charge in [-0.15, -0.1) is 0 Å². The topological polar surface area (TPSA) is 0 Å². The molecule has 1 aliphatic heterocycles. The first-order valence-electron chi connectivity index (χ1n) is 7.92. The van der Waals surface area contributed by atoms with Gasteiger partial charge in [0.25, 0.3) is 0 Å². The van der Waals surface area contributed by atoms with Crippen LogP contribution in [-0.4, -0.2) is 4.16 Å². The van der Waals surface area contributed by atoms with Crippen LogP contribution in [0.3, 0.4) is 0 Å². The minimum absolute atomic E-state index is 0. The van der Waals surface area contributed by atoms with Crippen LogP contribution in [0.15, 0.2) is 59.5 Å². The molecule has 0 bridgehead atoms. The summed E-state index contributed by atoms with van der Waals surface area (Å²) in [5.41, 5.74) is 7.00. The van der Waals surface area contributed by atoms with E-state index in [1.807, 2.05) is 11.8 Å². The molecule has 0 fully saturated rings. The molecule has 2 atom stereocenters. The van der Waals surface area contributed by atoms with Crippen LogP contribution < -0.4 is 28.1 Å². The van der Waals surface area contributed by atoms with Crippen molar-refractivity contribution in [3.63, 3.8) is 0 Å². The van der Waals surface area contributed by atoms with Crippen molar-refractivity contribution in [2.75, 3.05) is 0 Å². The first kappa shape index (κ1) is 20.9. The molecule has 5 rings (SSSR count). The van der Waals surface area contributed by atoms with Crippen LogP contribution in [0.1, 0.15) is 25.9 Å². The molecule has 2 unspecified atom stereocenters. The number of alkyl halides is 1. The molecule has 130 valence electrons. The summed E-state index contributed by atoms with van der Waals surface area (Å²) >= 11 is 3.37. The van der Waals surface area contributed by atoms with Gasteiger partial charge in [0.05, 0.1) is 0 Å². The molecule has 0 N–H and O–H groups in total. The Kier molecular flexibility index (Phi) is 6.65. The average molecular weight is 559 g/mol. The van der Waals surface area contributed by atoms with Crippen molar-refractivity contribution in [1.29, 1.82) is 0 Å². The van der Waals surface area contributed by atoms with Crippen LogP contribution in [0.2, 0.25) is 0 Å². The van der Waals surface area contributed by atoms with Crippen molar-refractivity contribution in [3.8, 4) is 0 Å². The monoisotopic (exact) mass is 556 g/mol. The van der Waals surface area contributed by atoms with E-state index in [0.29, 0.717) is 7.79 Å². The van der Waals surface area contributed by atoms with Gasteiger partial charge in [-0.25, -0.2) is 0 Å². The van der Waals surface area contributed by atoms with E-state index >= 15 is 0 Å². The zero-order chi connectivity index (χ0) is 16.3. The first-order valence-corrected chi connectivity index (χ1v) is 15.8. The molecular weight excluding hydrogens is 546 g/mol. The Morgan fingerprint density at radius 1 is 1.00 bits per heavy atom. The molecule has 0 amide bonds. The van der Waals surface area contributed by atoms with Crippen LogP contribution in [0, 0.1) is 0 Å². The third-order valence-corrected chi connectivity index (χ3v) is 14.3. The zero-order valence-corrected chi connectivity index (χ0v) is 20.6. The third kappa shape index (κ3) is 3.36. The van der Waals surface area contributed by atoms with Gasteiger partial charge in [0.15, 0.2) is 0 Å². The summed E-state index contributed by atoms with van der Waals surface area (Å²) in [6.45, 7) is 0. The molecule has 1 heterocycles. The van der Waals surface area contributed by atoms with E-state index in [9.17, 15) is 0 Å². The van der Waals surface area contributed by atoms with E-state index in [2.05, 4.69) is 82.7 Å². The SMILES string of the molecule is [Cl-].[Cl-].[S]=[Zr+2]([c]1cccc2c1C1=CC(Br)SC1=C2)[CH]1C=Cc2ccccc21. The minimum atomic E-state index is -2.24. The normalized spacial score (nSPS) is 20.6. The molecule has 2 aliphatic carbocycles. The fourth-order valence-corrected chi connectivity index (χ4v) is 12.5. The predicted molar refractivity (Wildman–Crippen MR) is 108 cm³/mol. The second-order valence-corrected chi connectivity index (χ2v) is 16.2. The number of halogens is 3. The fourth-order valence-electron chi connectivity index (χ4n) is 3.73. The molecule has 0 aromatic heterocycles. The molecular formula is C20H13BrCl2S2Zr. The van der Waals surface area contributed by atoms with Crippen LogP contribution in [0.4, 0.5) is 0 Å². The van der Waals surface area contributed by atoms with Gasteiger partial charge in [-0.1, -0.05) is 0 Å². The molecule has 2 aromatic carbocycles. The van der Waals surface area contributed by atoms with Crippen molar-refractivity contribution in [2.45, 2.75) is 7.79 Å². The molecule has 0 saturated heterocycles. The van der Waals surface area contributed by atoms with E-state index in [-0.39, 0.29) is 24.8 Å². The second kappa shape index (κ2) is 8.27. The standard InChI is InChI=1S/C11H6BrS.C9H7.2ClH.S.Zr/c12-11-6-9-8-4-2-1-3-7(8)5-10(9)13-11;1-2-5-9-7-3-6-8(9)4-1;;;;/h1-3,5-6,11H;1-7H;2*1H;;/q;;;;;+2/p-2. The number of allylic oxidation sites excluding steroid dienone is 2. The van der Waals surface area contributed by atoms with E-state index in [1.54, 1.807) is 0 Å². The summed E-state index contributed by atoms with van der Waals surface area (Å²) in [7, 11) is 6.25. The van der Waals surface area contributed by atoms with Gasteiger partial charge in [0, 0.05) is 0 Å². The van der Waals surface area contributed by atoms with Gasteiger partial charge < -0.3 is 24.8 Å². The summed E-state index contributed by atoms with van der Waals surface area (Å²) in [4.78, 5) is 1.40. The van der Waals surface area contributed by atoms with Crippen LogP contribution in [0.25, 0.3) is 17.7 Å². The van der Waals surface area contributed by atoms with Crippen LogP contribution in [-0.2, 0) is 19.7 Å². The Hall–Kier alpha value is 0.173. The fraction of sp³-hybridized carbons (Fsp3) is 0.100. The van der Waals surface area contributed by atoms with Crippen molar-refractivity contribution < 1.29 is 44.5 Å². The van der Waals surface area contributed by atoms with E-state index in [1.165, 1.54) is 36.0 Å². The molecule has 6 heteroatoms. The Morgan fingerprint density at radius 3 is 2.62 bits per heavy atom. The molecule has 3 aliphatic rings. The Labute approximate surface area is 189 Å². The molecule has 2 aromatic rings. The Morgan fingerprint density at radius 2 is 1.77 bits per heavy atom. The third-order valence-electron chi connectivity index (χ3n) is 4.80. The predicted octanol–water partition coefficient (Wildman–Crippen LogP) is 0.0244. The number of thioether (sulfide) groups is 1. The number of hydrogen-bond acceptors (Lipinski definition) is 2. The molecule has 0 nitrogen and oxygen atoms in total. The van der Waals surface area contributed by atoms with E-state index < -0.39 is 19.7 Å². The number of hydrogen-bond donors (Lipinski definition) is 0. The van der Waals surface area contributed by atoms with Gasteiger partial charge in [0.1, 0.15) is 0 Å². The molecule has 26 heavy (non-hydrogen) atoms. The number of rotatable bonds is 2. The van der Waals surface area contributed by atoms with Gasteiger partial charge in [-0.3, -0.25) is 0 Å². The summed E-state index contributed by atoms with van der Waals surface area (Å²) < 4.78 is 2.35. The summed E-state index contributed by atoms with van der Waals surface area (Å²) in [5.74, 6) is 0. The van der Waals surface area contributed by atoms with Gasteiger partial charge in [-0.05, 0) is 0 Å². The summed E-state index contributed by atoms with van der Waals surface area (Å²) in [5, 5.41) is 0. The van der Waals surface area contributed by atoms with E-state index in [0.717, 1.165) is 0 Å². The molecule has 0 spiro atoms.